The molecule has 8 atom stereocenters. The summed E-state index contributed by atoms with van der Waals surface area (Å²) in [6, 6.07) is 8.85. The van der Waals surface area contributed by atoms with Gasteiger partial charge in [-0.1, -0.05) is 226 Å². The van der Waals surface area contributed by atoms with E-state index in [0.717, 1.165) is 104 Å². The second kappa shape index (κ2) is 33.6. The molecule has 0 saturated heterocycles. The molecular formula is C69H119N3. The molecule has 72 heavy (non-hydrogen) atoms. The molecule has 6 aliphatic carbocycles. The molecule has 3 nitrogen and oxygen atoms in total. The molecular weight excluding hydrogens is 871 g/mol. The van der Waals surface area contributed by atoms with Crippen LogP contribution in [0.3, 0.4) is 0 Å². The minimum absolute atomic E-state index is 0.245. The van der Waals surface area contributed by atoms with E-state index in [9.17, 15) is 15.8 Å². The molecule has 6 rings (SSSR count). The van der Waals surface area contributed by atoms with Crippen molar-refractivity contribution in [3.63, 3.8) is 0 Å². The number of nitrogens with zero attached hydrogens (tertiary/aromatic N) is 3. The highest BCUT2D eigenvalue weighted by Gasteiger charge is 2.46. The number of hydrogen-bond acceptors (Lipinski definition) is 3. The molecule has 0 aliphatic heterocycles. The van der Waals surface area contributed by atoms with Crippen molar-refractivity contribution >= 4 is 0 Å². The molecule has 6 aliphatic rings. The van der Waals surface area contributed by atoms with E-state index in [1.54, 1.807) is 0 Å². The zero-order valence-electron chi connectivity index (χ0n) is 48.4. The van der Waals surface area contributed by atoms with Crippen LogP contribution in [0.4, 0.5) is 0 Å². The van der Waals surface area contributed by atoms with Gasteiger partial charge in [-0.05, 0) is 174 Å². The molecule has 3 heteroatoms. The van der Waals surface area contributed by atoms with E-state index in [1.807, 2.05) is 0 Å². The Kier molecular flexibility index (Phi) is 27.9. The summed E-state index contributed by atoms with van der Waals surface area (Å²) in [5.41, 5.74) is -0.549. The van der Waals surface area contributed by atoms with Crippen LogP contribution in [-0.2, 0) is 0 Å². The van der Waals surface area contributed by atoms with Gasteiger partial charge in [-0.2, -0.15) is 15.8 Å². The van der Waals surface area contributed by atoms with Gasteiger partial charge in [0.1, 0.15) is 0 Å². The molecule has 0 N–H and O–H groups in total. The maximum Gasteiger partial charge on any atom is 0.0692 e. The Balaban J connectivity index is 1.10. The lowest BCUT2D eigenvalue weighted by Gasteiger charge is -2.45. The Hall–Kier alpha value is -1.53. The van der Waals surface area contributed by atoms with Crippen molar-refractivity contribution in [1.29, 1.82) is 15.8 Å². The van der Waals surface area contributed by atoms with E-state index in [1.165, 1.54) is 263 Å². The van der Waals surface area contributed by atoms with Crippen LogP contribution in [0.2, 0.25) is 0 Å². The van der Waals surface area contributed by atoms with E-state index in [4.69, 9.17) is 0 Å². The fourth-order valence-electron chi connectivity index (χ4n) is 18.3. The predicted octanol–water partition coefficient (Wildman–Crippen LogP) is 22.2. The van der Waals surface area contributed by atoms with Crippen LogP contribution in [0.5, 0.6) is 0 Å². The van der Waals surface area contributed by atoms with Gasteiger partial charge >= 0.3 is 0 Å². The average Bonchev–Trinajstić information content (AvgIpc) is 3.43. The van der Waals surface area contributed by atoms with Gasteiger partial charge in [0.2, 0.25) is 0 Å². The summed E-state index contributed by atoms with van der Waals surface area (Å²) in [4.78, 5) is 0. The maximum atomic E-state index is 11.8. The molecule has 0 bridgehead atoms. The Morgan fingerprint density at radius 3 is 1.15 bits per heavy atom. The van der Waals surface area contributed by atoms with E-state index >= 15 is 0 Å². The Morgan fingerprint density at radius 1 is 0.319 bits per heavy atom. The highest BCUT2D eigenvalue weighted by atomic mass is 14.5. The van der Waals surface area contributed by atoms with Crippen molar-refractivity contribution in [3.05, 3.63) is 0 Å². The molecule has 0 amide bonds. The first kappa shape index (κ1) is 59.7. The van der Waals surface area contributed by atoms with Gasteiger partial charge in [-0.3, -0.25) is 0 Å². The molecule has 6 fully saturated rings. The minimum Gasteiger partial charge on any atom is -0.198 e. The third kappa shape index (κ3) is 18.9. The van der Waals surface area contributed by atoms with Crippen LogP contribution < -0.4 is 0 Å². The van der Waals surface area contributed by atoms with Crippen LogP contribution >= 0.6 is 0 Å². The summed E-state index contributed by atoms with van der Waals surface area (Å²) < 4.78 is 0. The van der Waals surface area contributed by atoms with Gasteiger partial charge in [-0.25, -0.2) is 0 Å². The topological polar surface area (TPSA) is 71.4 Å². The van der Waals surface area contributed by atoms with Crippen LogP contribution in [-0.4, -0.2) is 0 Å². The number of hydrogen-bond donors (Lipinski definition) is 0. The second-order valence-electron chi connectivity index (χ2n) is 27.6. The normalized spacial score (nSPS) is 33.2. The molecule has 0 radical (unpaired) electrons. The fraction of sp³-hybridized carbons (Fsp3) is 0.957. The van der Waals surface area contributed by atoms with E-state index in [2.05, 4.69) is 39.0 Å². The summed E-state index contributed by atoms with van der Waals surface area (Å²) in [5, 5.41) is 32.9. The standard InChI is InChI=1S/C69H119N3/c1-4-7-10-12-16-26-58-38-44-61(45-39-58)64-30-20-32-66(52-64)68(54-71,46-17-13-18-50-70)48-23-49-69(55-72,67-33-21-31-65(53-67)62-42-36-57(37-43-62)25-15-11-8-5-2)47-22-28-59-27-19-29-63(51-59)60-40-34-56(35-41-60)24-14-9-6-3/h56-67H,4-49,51-53H2,1-3H3. The van der Waals surface area contributed by atoms with Gasteiger partial charge in [0.15, 0.2) is 0 Å². The summed E-state index contributed by atoms with van der Waals surface area (Å²) in [5.74, 6) is 10.1. The third-order valence-electron chi connectivity index (χ3n) is 23.0. The van der Waals surface area contributed by atoms with Crippen LogP contribution in [0, 0.1) is 116 Å². The highest BCUT2D eigenvalue weighted by molar-refractivity contribution is 5.08. The van der Waals surface area contributed by atoms with Crippen molar-refractivity contribution in [2.45, 2.75) is 335 Å². The van der Waals surface area contributed by atoms with Crippen molar-refractivity contribution in [3.8, 4) is 18.2 Å². The van der Waals surface area contributed by atoms with E-state index < -0.39 is 0 Å². The second-order valence-corrected chi connectivity index (χ2v) is 27.6. The molecule has 6 saturated carbocycles. The average molecular weight is 991 g/mol. The summed E-state index contributed by atoms with van der Waals surface area (Å²) in [6.45, 7) is 7.01. The van der Waals surface area contributed by atoms with Crippen LogP contribution in [0.1, 0.15) is 335 Å². The zero-order valence-corrected chi connectivity index (χ0v) is 48.4. The first-order valence-electron chi connectivity index (χ1n) is 33.6. The quantitative estimate of drug-likeness (QED) is 0.0631. The Labute approximate surface area is 449 Å². The van der Waals surface area contributed by atoms with Crippen molar-refractivity contribution in [1.82, 2.24) is 0 Å². The van der Waals surface area contributed by atoms with Crippen LogP contribution in [0.15, 0.2) is 0 Å². The van der Waals surface area contributed by atoms with Crippen molar-refractivity contribution in [2.24, 2.45) is 81.8 Å². The first-order chi connectivity index (χ1) is 35.4. The van der Waals surface area contributed by atoms with Crippen molar-refractivity contribution < 1.29 is 0 Å². The van der Waals surface area contributed by atoms with Gasteiger partial charge in [0, 0.05) is 6.42 Å². The summed E-state index contributed by atoms with van der Waals surface area (Å²) in [6.07, 6.45) is 65.2. The molecule has 0 aromatic rings. The third-order valence-corrected chi connectivity index (χ3v) is 23.0. The van der Waals surface area contributed by atoms with Crippen LogP contribution in [0.25, 0.3) is 0 Å². The van der Waals surface area contributed by atoms with Gasteiger partial charge in [-0.15, -0.1) is 0 Å². The molecule has 0 aromatic carbocycles. The summed E-state index contributed by atoms with van der Waals surface area (Å²) >= 11 is 0. The van der Waals surface area contributed by atoms with E-state index in [0.29, 0.717) is 18.3 Å². The summed E-state index contributed by atoms with van der Waals surface area (Å²) in [7, 11) is 0. The molecule has 0 spiro atoms. The number of unbranched alkanes of at least 4 members (excludes halogenated alkanes) is 11. The number of rotatable bonds is 32. The number of nitriles is 3. The fourth-order valence-corrected chi connectivity index (χ4v) is 18.3. The monoisotopic (exact) mass is 990 g/mol. The lowest BCUT2D eigenvalue weighted by Crippen LogP contribution is -2.38. The van der Waals surface area contributed by atoms with E-state index in [-0.39, 0.29) is 10.8 Å². The van der Waals surface area contributed by atoms with Gasteiger partial charge in [0.25, 0.3) is 0 Å². The maximum absolute atomic E-state index is 11.8. The lowest BCUT2D eigenvalue weighted by atomic mass is 9.57. The largest absolute Gasteiger partial charge is 0.198 e. The highest BCUT2D eigenvalue weighted by Crippen LogP contribution is 2.55. The Morgan fingerprint density at radius 2 is 0.694 bits per heavy atom. The SMILES string of the molecule is CCCCCCCC1CCC(C2CCCC(C(C#N)(CCCCC#N)CCCC(C#N)(CCCC3CCCC(C4CCC(CCCCC)CC4)C3)C3CCCC(C4CCC(CCCCCC)CC4)C3)C2)CC1. The van der Waals surface area contributed by atoms with Gasteiger partial charge in [0.05, 0.1) is 29.0 Å². The molecule has 0 aromatic heterocycles. The minimum atomic E-state index is -0.305. The van der Waals surface area contributed by atoms with Crippen molar-refractivity contribution in [2.75, 3.05) is 0 Å². The first-order valence-corrected chi connectivity index (χ1v) is 33.6. The Bertz CT molecular complexity index is 1540. The molecule has 8 unspecified atom stereocenters. The van der Waals surface area contributed by atoms with Gasteiger partial charge < -0.3 is 0 Å². The molecule has 0 heterocycles. The predicted molar refractivity (Wildman–Crippen MR) is 307 cm³/mol. The zero-order chi connectivity index (χ0) is 50.7. The molecule has 410 valence electrons. The smallest absolute Gasteiger partial charge is 0.0692 e. The lowest BCUT2D eigenvalue weighted by molar-refractivity contribution is 0.0585.